The number of halogens is 2. The molecule has 1 N–H and O–H groups in total. The van der Waals surface area contributed by atoms with Crippen molar-refractivity contribution < 1.29 is 13.5 Å². The lowest BCUT2D eigenvalue weighted by Crippen LogP contribution is -2.11. The molecule has 0 bridgehead atoms. The van der Waals surface area contributed by atoms with Crippen LogP contribution in [0.5, 0.6) is 5.75 Å². The lowest BCUT2D eigenvalue weighted by atomic mass is 10.1. The van der Waals surface area contributed by atoms with Crippen molar-refractivity contribution in [2.75, 3.05) is 12.4 Å². The van der Waals surface area contributed by atoms with E-state index in [1.807, 2.05) is 13.8 Å². The van der Waals surface area contributed by atoms with E-state index < -0.39 is 11.6 Å². The van der Waals surface area contributed by atoms with Crippen LogP contribution < -0.4 is 10.1 Å². The van der Waals surface area contributed by atoms with Gasteiger partial charge in [0.1, 0.15) is 11.6 Å². The molecule has 0 saturated heterocycles. The molecule has 5 heteroatoms. The Bertz CT molecular complexity index is 598. The summed E-state index contributed by atoms with van der Waals surface area (Å²) in [6.45, 7) is 3.89. The van der Waals surface area contributed by atoms with E-state index in [-0.39, 0.29) is 6.04 Å². The minimum Gasteiger partial charge on any atom is -0.494 e. The number of aromatic nitrogens is 1. The maximum Gasteiger partial charge on any atom is 0.151 e. The van der Waals surface area contributed by atoms with Gasteiger partial charge in [0.2, 0.25) is 0 Å². The normalized spacial score (nSPS) is 10.7. The van der Waals surface area contributed by atoms with Gasteiger partial charge in [0.05, 0.1) is 24.7 Å². The minimum atomic E-state index is -0.440. The van der Waals surface area contributed by atoms with Crippen LogP contribution in [0.2, 0.25) is 0 Å². The van der Waals surface area contributed by atoms with Gasteiger partial charge in [-0.2, -0.15) is 0 Å². The van der Waals surface area contributed by atoms with Gasteiger partial charge in [-0.3, -0.25) is 4.98 Å². The van der Waals surface area contributed by atoms with Gasteiger partial charge in [0.25, 0.3) is 0 Å². The van der Waals surface area contributed by atoms with Crippen LogP contribution in [0.1, 0.15) is 13.8 Å². The number of hydrogen-bond donors (Lipinski definition) is 1. The lowest BCUT2D eigenvalue weighted by Gasteiger charge is -2.17. The highest BCUT2D eigenvalue weighted by molar-refractivity contribution is 5.76. The molecule has 0 aliphatic rings. The first-order chi connectivity index (χ1) is 9.51. The van der Waals surface area contributed by atoms with Gasteiger partial charge in [0.15, 0.2) is 5.75 Å². The zero-order valence-corrected chi connectivity index (χ0v) is 11.6. The van der Waals surface area contributed by atoms with Crippen LogP contribution in [0.15, 0.2) is 30.5 Å². The van der Waals surface area contributed by atoms with Crippen molar-refractivity contribution >= 4 is 5.69 Å². The highest BCUT2D eigenvalue weighted by Crippen LogP contribution is 2.36. The number of ether oxygens (including phenoxy) is 1. The molecule has 0 spiro atoms. The lowest BCUT2D eigenvalue weighted by molar-refractivity contribution is 0.416. The number of pyridine rings is 1. The van der Waals surface area contributed by atoms with Crippen molar-refractivity contribution in [3.63, 3.8) is 0 Å². The summed E-state index contributed by atoms with van der Waals surface area (Å²) < 4.78 is 32.1. The molecule has 0 radical (unpaired) electrons. The number of rotatable bonds is 4. The third-order valence-corrected chi connectivity index (χ3v) is 2.71. The Morgan fingerprint density at radius 2 is 1.90 bits per heavy atom. The molecular formula is C15H16F2N2O. The van der Waals surface area contributed by atoms with E-state index in [0.29, 0.717) is 22.7 Å². The van der Waals surface area contributed by atoms with Crippen molar-refractivity contribution in [3.8, 4) is 17.0 Å². The predicted molar refractivity (Wildman–Crippen MR) is 74.9 cm³/mol. The summed E-state index contributed by atoms with van der Waals surface area (Å²) >= 11 is 0. The van der Waals surface area contributed by atoms with Crippen LogP contribution >= 0.6 is 0 Å². The Morgan fingerprint density at radius 3 is 2.45 bits per heavy atom. The maximum atomic E-state index is 13.8. The second kappa shape index (κ2) is 5.86. The van der Waals surface area contributed by atoms with Gasteiger partial charge in [-0.1, -0.05) is 0 Å². The first kappa shape index (κ1) is 14.2. The molecule has 2 aromatic rings. The van der Waals surface area contributed by atoms with Crippen LogP contribution in [0.3, 0.4) is 0 Å². The van der Waals surface area contributed by atoms with Crippen LogP contribution in [-0.4, -0.2) is 18.1 Å². The Labute approximate surface area is 116 Å². The first-order valence-corrected chi connectivity index (χ1v) is 6.27. The molecule has 3 nitrogen and oxygen atoms in total. The quantitative estimate of drug-likeness (QED) is 0.922. The zero-order chi connectivity index (χ0) is 14.7. The molecule has 0 aliphatic heterocycles. The summed E-state index contributed by atoms with van der Waals surface area (Å²) in [6.07, 6.45) is 1.09. The van der Waals surface area contributed by atoms with Crippen molar-refractivity contribution in [1.82, 2.24) is 4.98 Å². The monoisotopic (exact) mass is 278 g/mol. The molecule has 2 rings (SSSR count). The summed E-state index contributed by atoms with van der Waals surface area (Å²) in [7, 11) is 1.51. The minimum absolute atomic E-state index is 0.125. The predicted octanol–water partition coefficient (Wildman–Crippen LogP) is 3.86. The van der Waals surface area contributed by atoms with Gasteiger partial charge in [-0.05, 0) is 32.0 Å². The van der Waals surface area contributed by atoms with Gasteiger partial charge < -0.3 is 10.1 Å². The Morgan fingerprint density at radius 1 is 1.15 bits per heavy atom. The largest absolute Gasteiger partial charge is 0.494 e. The van der Waals surface area contributed by atoms with Crippen LogP contribution in [0.4, 0.5) is 14.5 Å². The number of nitrogens with one attached hydrogen (secondary N) is 1. The van der Waals surface area contributed by atoms with Gasteiger partial charge in [-0.25, -0.2) is 8.78 Å². The standard InChI is InChI=1S/C15H16F2N2O/c1-9(2)19-14-7-11(17)6-12(15(14)20-3)13-5-4-10(16)8-18-13/h4-9,19H,1-3H3. The smallest absolute Gasteiger partial charge is 0.151 e. The number of benzene rings is 1. The number of methoxy groups -OCH3 is 1. The van der Waals surface area contributed by atoms with E-state index in [0.717, 1.165) is 6.20 Å². The number of hydrogen-bond acceptors (Lipinski definition) is 3. The van der Waals surface area contributed by atoms with Crippen molar-refractivity contribution in [1.29, 1.82) is 0 Å². The highest BCUT2D eigenvalue weighted by Gasteiger charge is 2.15. The van der Waals surface area contributed by atoms with Crippen LogP contribution in [-0.2, 0) is 0 Å². The fourth-order valence-electron chi connectivity index (χ4n) is 1.96. The van der Waals surface area contributed by atoms with Crippen molar-refractivity contribution in [3.05, 3.63) is 42.1 Å². The van der Waals surface area contributed by atoms with Gasteiger partial charge >= 0.3 is 0 Å². The third-order valence-electron chi connectivity index (χ3n) is 2.71. The van der Waals surface area contributed by atoms with Crippen molar-refractivity contribution in [2.45, 2.75) is 19.9 Å². The SMILES string of the molecule is COc1c(NC(C)C)cc(F)cc1-c1ccc(F)cn1. The molecule has 0 amide bonds. The number of nitrogens with zero attached hydrogens (tertiary/aromatic N) is 1. The molecular weight excluding hydrogens is 262 g/mol. The van der Waals surface area contributed by atoms with Gasteiger partial charge in [-0.15, -0.1) is 0 Å². The van der Waals surface area contributed by atoms with Crippen molar-refractivity contribution in [2.24, 2.45) is 0 Å². The molecule has 1 aromatic heterocycles. The van der Waals surface area contributed by atoms with E-state index in [4.69, 9.17) is 4.74 Å². The van der Waals surface area contributed by atoms with E-state index in [9.17, 15) is 8.78 Å². The van der Waals surface area contributed by atoms with Crippen LogP contribution in [0.25, 0.3) is 11.3 Å². The topological polar surface area (TPSA) is 34.1 Å². The molecule has 0 atom stereocenters. The maximum absolute atomic E-state index is 13.8. The summed E-state index contributed by atoms with van der Waals surface area (Å²) in [4.78, 5) is 3.97. The second-order valence-corrected chi connectivity index (χ2v) is 4.69. The van der Waals surface area contributed by atoms with E-state index in [2.05, 4.69) is 10.3 Å². The summed E-state index contributed by atoms with van der Waals surface area (Å²) in [5, 5.41) is 3.12. The Kier molecular flexibility index (Phi) is 4.17. The molecule has 0 fully saturated rings. The van der Waals surface area contributed by atoms with E-state index >= 15 is 0 Å². The third kappa shape index (κ3) is 3.04. The number of anilines is 1. The molecule has 0 aliphatic carbocycles. The van der Waals surface area contributed by atoms with Crippen LogP contribution in [0, 0.1) is 11.6 Å². The highest BCUT2D eigenvalue weighted by atomic mass is 19.1. The fourth-order valence-corrected chi connectivity index (χ4v) is 1.96. The summed E-state index contributed by atoms with van der Waals surface area (Å²) in [5.41, 5.74) is 1.48. The summed E-state index contributed by atoms with van der Waals surface area (Å²) in [6, 6.07) is 5.59. The zero-order valence-electron chi connectivity index (χ0n) is 11.6. The summed E-state index contributed by atoms with van der Waals surface area (Å²) in [5.74, 6) is -0.362. The first-order valence-electron chi connectivity index (χ1n) is 6.27. The molecule has 0 saturated carbocycles. The van der Waals surface area contributed by atoms with Gasteiger partial charge in [0, 0.05) is 17.7 Å². The molecule has 0 unspecified atom stereocenters. The van der Waals surface area contributed by atoms with E-state index in [1.54, 1.807) is 0 Å². The second-order valence-electron chi connectivity index (χ2n) is 4.69. The fraction of sp³-hybridized carbons (Fsp3) is 0.267. The Balaban J connectivity index is 2.56. The average Bonchev–Trinajstić information content (AvgIpc) is 2.38. The Hall–Kier alpha value is -2.17. The molecule has 20 heavy (non-hydrogen) atoms. The average molecular weight is 278 g/mol. The molecule has 1 aromatic carbocycles. The molecule has 1 heterocycles. The molecule has 106 valence electrons. The van der Waals surface area contributed by atoms with E-state index in [1.165, 1.54) is 31.4 Å².